The summed E-state index contributed by atoms with van der Waals surface area (Å²) in [4.78, 5) is 48.8. The molecule has 0 aliphatic carbocycles. The van der Waals surface area contributed by atoms with Gasteiger partial charge < -0.3 is 37.0 Å². The van der Waals surface area contributed by atoms with Gasteiger partial charge in [0.25, 0.3) is 0 Å². The molecule has 0 aliphatic rings. The van der Waals surface area contributed by atoms with E-state index in [0.717, 1.165) is 0 Å². The fourth-order valence-electron chi connectivity index (χ4n) is 2.89. The second-order valence-corrected chi connectivity index (χ2v) is 8.36. The number of carbonyl (C=O) groups excluding carboxylic acids is 3. The Morgan fingerprint density at radius 1 is 0.939 bits per heavy atom. The molecule has 12 heteroatoms. The van der Waals surface area contributed by atoms with Crippen molar-refractivity contribution in [2.24, 2.45) is 11.7 Å². The predicted molar refractivity (Wildman–Crippen MR) is 124 cm³/mol. The smallest absolute Gasteiger partial charge is 0.326 e. The molecule has 184 valence electrons. The van der Waals surface area contributed by atoms with Gasteiger partial charge in [0, 0.05) is 12.2 Å². The Hall–Kier alpha value is -2.83. The van der Waals surface area contributed by atoms with Gasteiger partial charge in [-0.25, -0.2) is 4.79 Å². The number of hydrogen-bond donors (Lipinski definition) is 8. The first-order chi connectivity index (χ1) is 15.5. The van der Waals surface area contributed by atoms with Crippen molar-refractivity contribution in [1.29, 1.82) is 0 Å². The largest absolute Gasteiger partial charge is 0.508 e. The summed E-state index contributed by atoms with van der Waals surface area (Å²) in [6.45, 7) is 2.99. The molecular formula is C21H32N4O7S. The number of aliphatic carboxylic acids is 1. The number of amides is 3. The Labute approximate surface area is 197 Å². The maximum atomic E-state index is 12.5. The Bertz CT molecular complexity index is 819. The van der Waals surface area contributed by atoms with E-state index in [1.54, 1.807) is 0 Å². The quantitative estimate of drug-likeness (QED) is 0.160. The summed E-state index contributed by atoms with van der Waals surface area (Å²) in [6, 6.07) is 1.03. The summed E-state index contributed by atoms with van der Waals surface area (Å²) in [5.74, 6) is -3.49. The molecule has 0 bridgehead atoms. The lowest BCUT2D eigenvalue weighted by molar-refractivity contribution is -0.142. The number of rotatable bonds is 13. The number of thiol groups is 1. The number of nitrogens with two attached hydrogens (primary N) is 1. The van der Waals surface area contributed by atoms with Crippen LogP contribution in [0.4, 0.5) is 0 Å². The number of benzene rings is 1. The summed E-state index contributed by atoms with van der Waals surface area (Å²) in [7, 11) is 0. The maximum Gasteiger partial charge on any atom is 0.326 e. The zero-order chi connectivity index (χ0) is 25.1. The van der Waals surface area contributed by atoms with E-state index in [0.29, 0.717) is 12.0 Å². The number of aliphatic hydroxyl groups excluding tert-OH is 1. The molecule has 0 spiro atoms. The van der Waals surface area contributed by atoms with E-state index in [4.69, 9.17) is 5.73 Å². The second-order valence-electron chi connectivity index (χ2n) is 7.99. The Balaban J connectivity index is 2.77. The van der Waals surface area contributed by atoms with E-state index in [2.05, 4.69) is 28.6 Å². The number of carboxylic acid groups (broad SMARTS) is 1. The van der Waals surface area contributed by atoms with Crippen LogP contribution in [0.2, 0.25) is 0 Å². The van der Waals surface area contributed by atoms with Crippen molar-refractivity contribution in [2.45, 2.75) is 50.9 Å². The van der Waals surface area contributed by atoms with Crippen LogP contribution in [0.1, 0.15) is 25.8 Å². The van der Waals surface area contributed by atoms with Gasteiger partial charge in [-0.2, -0.15) is 12.6 Å². The summed E-state index contributed by atoms with van der Waals surface area (Å²) in [5.41, 5.74) is 6.35. The highest BCUT2D eigenvalue weighted by Gasteiger charge is 2.29. The number of phenols is 1. The van der Waals surface area contributed by atoms with E-state index < -0.39 is 54.5 Å². The molecular weight excluding hydrogens is 452 g/mol. The number of aromatic hydroxyl groups is 1. The Morgan fingerprint density at radius 3 is 1.94 bits per heavy atom. The van der Waals surface area contributed by atoms with Crippen LogP contribution in [-0.2, 0) is 25.6 Å². The number of nitrogens with one attached hydrogen (secondary N) is 3. The van der Waals surface area contributed by atoms with Gasteiger partial charge in [-0.05, 0) is 30.0 Å². The van der Waals surface area contributed by atoms with Gasteiger partial charge in [0.15, 0.2) is 0 Å². The maximum absolute atomic E-state index is 12.5. The van der Waals surface area contributed by atoms with Crippen LogP contribution in [0, 0.1) is 5.92 Å². The highest BCUT2D eigenvalue weighted by atomic mass is 32.1. The molecule has 1 rings (SSSR count). The van der Waals surface area contributed by atoms with E-state index >= 15 is 0 Å². The molecule has 1 aromatic carbocycles. The molecule has 0 saturated carbocycles. The average molecular weight is 485 g/mol. The van der Waals surface area contributed by atoms with Crippen LogP contribution in [0.25, 0.3) is 0 Å². The minimum Gasteiger partial charge on any atom is -0.508 e. The van der Waals surface area contributed by atoms with E-state index in [-0.39, 0.29) is 23.8 Å². The summed E-state index contributed by atoms with van der Waals surface area (Å²) in [5, 5.41) is 35.3. The Morgan fingerprint density at radius 2 is 1.45 bits per heavy atom. The molecule has 0 aromatic heterocycles. The molecule has 1 aromatic rings. The zero-order valence-corrected chi connectivity index (χ0v) is 19.4. The number of phenolic OH excluding ortho intramolecular Hbond substituents is 1. The first-order valence-corrected chi connectivity index (χ1v) is 11.0. The topological polar surface area (TPSA) is 191 Å². The lowest BCUT2D eigenvalue weighted by atomic mass is 10.0. The molecule has 11 nitrogen and oxygen atoms in total. The van der Waals surface area contributed by atoms with Gasteiger partial charge in [-0.15, -0.1) is 0 Å². The predicted octanol–water partition coefficient (Wildman–Crippen LogP) is -1.23. The third-order valence-electron chi connectivity index (χ3n) is 4.68. The van der Waals surface area contributed by atoms with Crippen molar-refractivity contribution >= 4 is 36.3 Å². The number of carboxylic acids is 1. The second kappa shape index (κ2) is 13.7. The van der Waals surface area contributed by atoms with Crippen molar-refractivity contribution < 1.29 is 34.5 Å². The van der Waals surface area contributed by atoms with Crippen LogP contribution < -0.4 is 21.7 Å². The lowest BCUT2D eigenvalue weighted by Crippen LogP contribution is -2.58. The summed E-state index contributed by atoms with van der Waals surface area (Å²) >= 11 is 4.04. The average Bonchev–Trinajstić information content (AvgIpc) is 2.75. The SMILES string of the molecule is CC(C)CC(N)C(=O)NC(CS)C(=O)NC(CO)C(=O)NC(Cc1ccc(O)cc1)C(=O)O. The van der Waals surface area contributed by atoms with Gasteiger partial charge >= 0.3 is 5.97 Å². The van der Waals surface area contributed by atoms with Gasteiger partial charge in [-0.3, -0.25) is 14.4 Å². The van der Waals surface area contributed by atoms with E-state index in [1.165, 1.54) is 24.3 Å². The molecule has 0 fully saturated rings. The zero-order valence-electron chi connectivity index (χ0n) is 18.5. The van der Waals surface area contributed by atoms with Crippen LogP contribution >= 0.6 is 12.6 Å². The van der Waals surface area contributed by atoms with Crippen LogP contribution in [0.3, 0.4) is 0 Å². The molecule has 3 amide bonds. The summed E-state index contributed by atoms with van der Waals surface area (Å²) < 4.78 is 0. The molecule has 0 radical (unpaired) electrons. The fourth-order valence-corrected chi connectivity index (χ4v) is 3.15. The van der Waals surface area contributed by atoms with Crippen molar-refractivity contribution in [3.8, 4) is 5.75 Å². The van der Waals surface area contributed by atoms with Crippen LogP contribution in [0.5, 0.6) is 5.75 Å². The molecule has 4 unspecified atom stereocenters. The minimum absolute atomic E-state index is 0.00807. The number of aliphatic hydroxyl groups is 1. The van der Waals surface area contributed by atoms with E-state index in [1.807, 2.05) is 13.8 Å². The van der Waals surface area contributed by atoms with Crippen molar-refractivity contribution in [1.82, 2.24) is 16.0 Å². The van der Waals surface area contributed by atoms with Gasteiger partial charge in [0.05, 0.1) is 12.6 Å². The molecule has 0 heterocycles. The van der Waals surface area contributed by atoms with Crippen molar-refractivity contribution in [3.05, 3.63) is 29.8 Å². The molecule has 33 heavy (non-hydrogen) atoms. The minimum atomic E-state index is -1.46. The van der Waals surface area contributed by atoms with Gasteiger partial charge in [0.1, 0.15) is 23.9 Å². The first-order valence-electron chi connectivity index (χ1n) is 10.4. The van der Waals surface area contributed by atoms with Gasteiger partial charge in [0.2, 0.25) is 17.7 Å². The third kappa shape index (κ3) is 9.68. The normalized spacial score (nSPS) is 14.6. The molecule has 8 N–H and O–H groups in total. The molecule has 0 aliphatic heterocycles. The standard InChI is InChI=1S/C21H32N4O7S/c1-11(2)7-14(22)18(28)25-17(10-33)20(30)24-16(9-26)19(29)23-15(21(31)32)8-12-3-5-13(27)6-4-12/h3-6,11,14-17,26-27,33H,7-10,22H2,1-2H3,(H,23,29)(H,24,30)(H,25,28)(H,31,32). The highest BCUT2D eigenvalue weighted by molar-refractivity contribution is 7.80. The highest BCUT2D eigenvalue weighted by Crippen LogP contribution is 2.11. The van der Waals surface area contributed by atoms with Gasteiger partial charge in [-0.1, -0.05) is 26.0 Å². The lowest BCUT2D eigenvalue weighted by Gasteiger charge is -2.24. The van der Waals surface area contributed by atoms with Crippen molar-refractivity contribution in [2.75, 3.05) is 12.4 Å². The fraction of sp³-hybridized carbons (Fsp3) is 0.524. The molecule has 0 saturated heterocycles. The summed E-state index contributed by atoms with van der Waals surface area (Å²) in [6.07, 6.45) is 0.322. The number of hydrogen-bond acceptors (Lipinski definition) is 8. The van der Waals surface area contributed by atoms with E-state index in [9.17, 15) is 34.5 Å². The van der Waals surface area contributed by atoms with Crippen LogP contribution in [-0.4, -0.2) is 75.5 Å². The molecule has 4 atom stereocenters. The monoisotopic (exact) mass is 484 g/mol. The Kier molecular flexibility index (Phi) is 11.7. The van der Waals surface area contributed by atoms with Crippen LogP contribution in [0.15, 0.2) is 24.3 Å². The third-order valence-corrected chi connectivity index (χ3v) is 5.05. The van der Waals surface area contributed by atoms with Crippen molar-refractivity contribution in [3.63, 3.8) is 0 Å². The first kappa shape index (κ1) is 28.2. The number of carbonyl (C=O) groups is 4.